The molecule has 1 aromatic heterocycles. The molecule has 1 unspecified atom stereocenters. The molecule has 3 aromatic rings. The summed E-state index contributed by atoms with van der Waals surface area (Å²) in [5, 5.41) is 7.05. The van der Waals surface area contributed by atoms with Crippen molar-refractivity contribution in [3.63, 3.8) is 0 Å². The lowest BCUT2D eigenvalue weighted by atomic mass is 9.90. The molecule has 6 heteroatoms. The van der Waals surface area contributed by atoms with Crippen LogP contribution in [-0.4, -0.2) is 44.7 Å². The van der Waals surface area contributed by atoms with Gasteiger partial charge in [0, 0.05) is 29.6 Å². The molecule has 6 nitrogen and oxygen atoms in total. The number of hydrogen-bond donors (Lipinski definition) is 3. The molecule has 0 saturated carbocycles. The Hall–Kier alpha value is -2.99. The predicted molar refractivity (Wildman–Crippen MR) is 111 cm³/mol. The minimum atomic E-state index is -0.0368. The minimum Gasteiger partial charge on any atom is -0.493 e. The first-order chi connectivity index (χ1) is 13.7. The summed E-state index contributed by atoms with van der Waals surface area (Å²) in [5.41, 5.74) is 3.25. The lowest BCUT2D eigenvalue weighted by Crippen LogP contribution is -2.35. The Balaban J connectivity index is 1.99. The molecule has 0 bridgehead atoms. The van der Waals surface area contributed by atoms with Crippen LogP contribution >= 0.6 is 0 Å². The first kappa shape index (κ1) is 19.8. The van der Waals surface area contributed by atoms with Crippen LogP contribution in [0.2, 0.25) is 0 Å². The molecular weight excluding hydrogens is 354 g/mol. The van der Waals surface area contributed by atoms with Crippen molar-refractivity contribution in [3.8, 4) is 11.5 Å². The van der Waals surface area contributed by atoms with E-state index in [4.69, 9.17) is 9.47 Å². The Kier molecular flexibility index (Phi) is 6.55. The standard InChI is InChI=1S/C22H27N3O3/c1-4-28-20-10-9-15(11-21(20)27-3)17(12-25-22(26)14-23-2)18-13-24-19-8-6-5-7-16(18)19/h5-11,13,17,23-24H,4,12,14H2,1-3H3,(H,25,26). The van der Waals surface area contributed by atoms with Crippen LogP contribution in [0.4, 0.5) is 0 Å². The summed E-state index contributed by atoms with van der Waals surface area (Å²) >= 11 is 0. The molecular formula is C22H27N3O3. The zero-order chi connectivity index (χ0) is 19.9. The Morgan fingerprint density at radius 3 is 2.75 bits per heavy atom. The number of methoxy groups -OCH3 is 1. The maximum Gasteiger partial charge on any atom is 0.233 e. The minimum absolute atomic E-state index is 0.0264. The molecule has 0 aliphatic heterocycles. The van der Waals surface area contributed by atoms with E-state index < -0.39 is 0 Å². The third kappa shape index (κ3) is 4.28. The van der Waals surface area contributed by atoms with E-state index in [1.165, 1.54) is 0 Å². The van der Waals surface area contributed by atoms with Gasteiger partial charge in [0.05, 0.1) is 20.3 Å². The second kappa shape index (κ2) is 9.28. The highest BCUT2D eigenvalue weighted by Gasteiger charge is 2.20. The maximum atomic E-state index is 12.0. The molecule has 0 radical (unpaired) electrons. The van der Waals surface area contributed by atoms with Gasteiger partial charge in [-0.25, -0.2) is 0 Å². The van der Waals surface area contributed by atoms with Gasteiger partial charge in [-0.05, 0) is 43.3 Å². The van der Waals surface area contributed by atoms with Crippen LogP contribution in [-0.2, 0) is 4.79 Å². The number of rotatable bonds is 9. The molecule has 0 spiro atoms. The average Bonchev–Trinajstić information content (AvgIpc) is 3.13. The van der Waals surface area contributed by atoms with Gasteiger partial charge in [0.1, 0.15) is 0 Å². The number of benzene rings is 2. The molecule has 148 valence electrons. The van der Waals surface area contributed by atoms with Gasteiger partial charge in [-0.15, -0.1) is 0 Å². The molecule has 1 atom stereocenters. The zero-order valence-corrected chi connectivity index (χ0v) is 16.5. The monoisotopic (exact) mass is 381 g/mol. The summed E-state index contributed by atoms with van der Waals surface area (Å²) in [6.45, 7) is 3.29. The Bertz CT molecular complexity index is 936. The van der Waals surface area contributed by atoms with E-state index in [2.05, 4.69) is 21.7 Å². The van der Waals surface area contributed by atoms with Gasteiger partial charge < -0.3 is 25.1 Å². The largest absolute Gasteiger partial charge is 0.493 e. The number of likely N-dealkylation sites (N-methyl/N-ethyl adjacent to an activating group) is 1. The van der Waals surface area contributed by atoms with Gasteiger partial charge in [0.15, 0.2) is 11.5 Å². The van der Waals surface area contributed by atoms with Gasteiger partial charge in [0.2, 0.25) is 5.91 Å². The van der Waals surface area contributed by atoms with Crippen LogP contribution in [0, 0.1) is 0 Å². The molecule has 3 N–H and O–H groups in total. The van der Waals surface area contributed by atoms with E-state index in [9.17, 15) is 4.79 Å². The quantitative estimate of drug-likeness (QED) is 0.533. The van der Waals surface area contributed by atoms with Crippen LogP contribution in [0.3, 0.4) is 0 Å². The van der Waals surface area contributed by atoms with Crippen molar-refractivity contribution in [2.24, 2.45) is 0 Å². The Morgan fingerprint density at radius 2 is 2.00 bits per heavy atom. The number of nitrogens with one attached hydrogen (secondary N) is 3. The first-order valence-corrected chi connectivity index (χ1v) is 9.46. The molecule has 3 rings (SSSR count). The van der Waals surface area contributed by atoms with Crippen LogP contribution in [0.5, 0.6) is 11.5 Å². The molecule has 0 aliphatic rings. The van der Waals surface area contributed by atoms with Gasteiger partial charge >= 0.3 is 0 Å². The van der Waals surface area contributed by atoms with Crippen molar-refractivity contribution in [2.75, 3.05) is 33.9 Å². The van der Waals surface area contributed by atoms with Gasteiger partial charge in [0.25, 0.3) is 0 Å². The van der Waals surface area contributed by atoms with Crippen LogP contribution in [0.25, 0.3) is 10.9 Å². The van der Waals surface area contributed by atoms with Crippen LogP contribution in [0.1, 0.15) is 24.0 Å². The van der Waals surface area contributed by atoms with Crippen LogP contribution in [0.15, 0.2) is 48.7 Å². The number of aromatic nitrogens is 1. The second-order valence-corrected chi connectivity index (χ2v) is 6.52. The van der Waals surface area contributed by atoms with E-state index in [0.717, 1.165) is 22.0 Å². The predicted octanol–water partition coefficient (Wildman–Crippen LogP) is 3.04. The van der Waals surface area contributed by atoms with E-state index in [-0.39, 0.29) is 18.4 Å². The van der Waals surface area contributed by atoms with Crippen molar-refractivity contribution in [3.05, 3.63) is 59.8 Å². The summed E-state index contributed by atoms with van der Waals surface area (Å²) < 4.78 is 11.2. The van der Waals surface area contributed by atoms with E-state index >= 15 is 0 Å². The van der Waals surface area contributed by atoms with Crippen molar-refractivity contribution < 1.29 is 14.3 Å². The fourth-order valence-electron chi connectivity index (χ4n) is 3.40. The van der Waals surface area contributed by atoms with Crippen molar-refractivity contribution >= 4 is 16.8 Å². The molecule has 1 amide bonds. The van der Waals surface area contributed by atoms with E-state index in [1.54, 1.807) is 14.2 Å². The second-order valence-electron chi connectivity index (χ2n) is 6.52. The normalized spacial score (nSPS) is 12.0. The fraction of sp³-hybridized carbons (Fsp3) is 0.318. The van der Waals surface area contributed by atoms with Gasteiger partial charge in [-0.1, -0.05) is 24.3 Å². The summed E-state index contributed by atoms with van der Waals surface area (Å²) in [7, 11) is 3.39. The third-order valence-electron chi connectivity index (χ3n) is 4.73. The zero-order valence-electron chi connectivity index (χ0n) is 16.5. The number of carbonyl (C=O) groups is 1. The Labute approximate surface area is 165 Å². The van der Waals surface area contributed by atoms with E-state index in [1.807, 2.05) is 49.5 Å². The summed E-state index contributed by atoms with van der Waals surface area (Å²) in [6.07, 6.45) is 2.02. The first-order valence-electron chi connectivity index (χ1n) is 9.46. The summed E-state index contributed by atoms with van der Waals surface area (Å²) in [5.74, 6) is 1.34. The Morgan fingerprint density at radius 1 is 1.18 bits per heavy atom. The summed E-state index contributed by atoms with van der Waals surface area (Å²) in [6, 6.07) is 14.1. The number of amides is 1. The van der Waals surface area contributed by atoms with Crippen molar-refractivity contribution in [1.82, 2.24) is 15.6 Å². The smallest absolute Gasteiger partial charge is 0.233 e. The van der Waals surface area contributed by atoms with Crippen LogP contribution < -0.4 is 20.1 Å². The maximum absolute atomic E-state index is 12.0. The molecule has 1 heterocycles. The number of hydrogen-bond acceptors (Lipinski definition) is 4. The highest BCUT2D eigenvalue weighted by atomic mass is 16.5. The molecule has 28 heavy (non-hydrogen) atoms. The van der Waals surface area contributed by atoms with Gasteiger partial charge in [-0.2, -0.15) is 0 Å². The highest BCUT2D eigenvalue weighted by molar-refractivity contribution is 5.84. The number of ether oxygens (including phenoxy) is 2. The van der Waals surface area contributed by atoms with Gasteiger partial charge in [-0.3, -0.25) is 4.79 Å². The SMILES string of the molecule is CCOc1ccc(C(CNC(=O)CNC)c2c[nH]c3ccccc23)cc1OC. The lowest BCUT2D eigenvalue weighted by molar-refractivity contribution is -0.120. The fourth-order valence-corrected chi connectivity index (χ4v) is 3.40. The molecule has 0 aliphatic carbocycles. The van der Waals surface area contributed by atoms with Crippen molar-refractivity contribution in [2.45, 2.75) is 12.8 Å². The third-order valence-corrected chi connectivity index (χ3v) is 4.73. The molecule has 0 fully saturated rings. The number of fused-ring (bicyclic) bond motifs is 1. The average molecular weight is 381 g/mol. The molecule has 2 aromatic carbocycles. The number of H-pyrrole nitrogens is 1. The number of aromatic amines is 1. The summed E-state index contributed by atoms with van der Waals surface area (Å²) in [4.78, 5) is 15.4. The van der Waals surface area contributed by atoms with Crippen molar-refractivity contribution in [1.29, 1.82) is 0 Å². The topological polar surface area (TPSA) is 75.4 Å². The highest BCUT2D eigenvalue weighted by Crippen LogP contribution is 2.35. The number of para-hydroxylation sites is 1. The van der Waals surface area contributed by atoms with E-state index in [0.29, 0.717) is 24.7 Å². The lowest BCUT2D eigenvalue weighted by Gasteiger charge is -2.20. The molecule has 0 saturated heterocycles. The number of carbonyl (C=O) groups excluding carboxylic acids is 1.